The number of hydrogen-bond donors (Lipinski definition) is 0. The van der Waals surface area contributed by atoms with Gasteiger partial charge in [0, 0.05) is 9.90 Å². The summed E-state index contributed by atoms with van der Waals surface area (Å²) in [7, 11) is -2.14. The summed E-state index contributed by atoms with van der Waals surface area (Å²) in [6.45, 7) is 15.9. The van der Waals surface area contributed by atoms with Crippen LogP contribution in [0, 0.1) is 0 Å². The second-order valence-electron chi connectivity index (χ2n) is 8.37. The van der Waals surface area contributed by atoms with E-state index in [4.69, 9.17) is 16.0 Å². The lowest BCUT2D eigenvalue weighted by molar-refractivity contribution is 0.112. The smallest absolute Gasteiger partial charge is 0.201 e. The Kier molecular flexibility index (Phi) is 8.09. The van der Waals surface area contributed by atoms with Crippen molar-refractivity contribution in [1.82, 2.24) is 0 Å². The minimum absolute atomic E-state index is 0.197. The van der Waals surface area contributed by atoms with Crippen LogP contribution in [0.5, 0.6) is 0 Å². The molecule has 0 aliphatic heterocycles. The fourth-order valence-electron chi connectivity index (χ4n) is 4.61. The van der Waals surface area contributed by atoms with Gasteiger partial charge in [-0.05, 0) is 52.4 Å². The molecule has 2 nitrogen and oxygen atoms in total. The first-order valence-electron chi connectivity index (χ1n) is 10.2. The van der Waals surface area contributed by atoms with Gasteiger partial charge in [0.05, 0.1) is 11.0 Å². The van der Waals surface area contributed by atoms with Gasteiger partial charge in [0.25, 0.3) is 0 Å². The molecule has 1 unspecified atom stereocenters. The molecule has 0 aliphatic rings. The molecule has 1 atom stereocenters. The third-order valence-corrected chi connectivity index (χ3v) is 13.3. The highest BCUT2D eigenvalue weighted by atomic mass is 35.5. The van der Waals surface area contributed by atoms with Crippen LogP contribution < -0.4 is 0 Å². The molecule has 1 aromatic carbocycles. The van der Waals surface area contributed by atoms with Gasteiger partial charge < -0.3 is 4.43 Å². The average Bonchev–Trinajstić information content (AvgIpc) is 3.05. The predicted molar refractivity (Wildman–Crippen MR) is 125 cm³/mol. The Labute approximate surface area is 180 Å². The minimum Gasteiger partial charge on any atom is -0.405 e. The quantitative estimate of drug-likeness (QED) is 0.293. The van der Waals surface area contributed by atoms with E-state index in [1.54, 1.807) is 11.3 Å². The van der Waals surface area contributed by atoms with Crippen molar-refractivity contribution < 1.29 is 9.22 Å². The first-order valence-corrected chi connectivity index (χ1v) is 13.5. The van der Waals surface area contributed by atoms with Gasteiger partial charge in [0.2, 0.25) is 8.32 Å². The van der Waals surface area contributed by atoms with Gasteiger partial charge in [-0.15, -0.1) is 11.3 Å². The van der Waals surface area contributed by atoms with Crippen molar-refractivity contribution in [2.75, 3.05) is 0 Å². The van der Waals surface area contributed by atoms with Gasteiger partial charge in [-0.1, -0.05) is 72.2 Å². The summed E-state index contributed by atoms with van der Waals surface area (Å²) in [4.78, 5) is 13.4. The summed E-state index contributed by atoms with van der Waals surface area (Å²) in [5.41, 5.74) is 3.61. The molecule has 1 heterocycles. The Morgan fingerprint density at radius 2 is 1.68 bits per heavy atom. The zero-order chi connectivity index (χ0) is 21.1. The lowest BCUT2D eigenvalue weighted by Crippen LogP contribution is -2.48. The Balaban J connectivity index is 2.68. The molecule has 0 fully saturated rings. The SMILES string of the molecule is CCc1sc(C=O)cc1C(O[Si](C(C)C)(C(C)C)C(C)C)c1cccc(Cl)c1. The molecule has 2 rings (SSSR count). The van der Waals surface area contributed by atoms with E-state index in [1.807, 2.05) is 24.3 Å². The second kappa shape index (κ2) is 9.71. The molecule has 0 spiro atoms. The predicted octanol–water partition coefficient (Wildman–Crippen LogP) is 8.06. The largest absolute Gasteiger partial charge is 0.405 e. The fraction of sp³-hybridized carbons (Fsp3) is 0.522. The van der Waals surface area contributed by atoms with Crippen LogP contribution in [0.4, 0.5) is 0 Å². The fourth-order valence-corrected chi connectivity index (χ4v) is 11.2. The summed E-state index contributed by atoms with van der Waals surface area (Å²) >= 11 is 7.92. The van der Waals surface area contributed by atoms with Gasteiger partial charge in [-0.2, -0.15) is 0 Å². The lowest BCUT2D eigenvalue weighted by Gasteiger charge is -2.45. The zero-order valence-corrected chi connectivity index (χ0v) is 20.7. The molecule has 2 aromatic rings. The van der Waals surface area contributed by atoms with Crippen molar-refractivity contribution in [2.24, 2.45) is 0 Å². The van der Waals surface area contributed by atoms with Crippen molar-refractivity contribution in [1.29, 1.82) is 0 Å². The molecular weight excluding hydrogens is 404 g/mol. The monoisotopic (exact) mass is 436 g/mol. The van der Waals surface area contributed by atoms with E-state index in [0.717, 1.165) is 28.7 Å². The molecule has 0 N–H and O–H groups in total. The molecule has 28 heavy (non-hydrogen) atoms. The first-order chi connectivity index (χ1) is 13.2. The Bertz CT molecular complexity index is 776. The second-order valence-corrected chi connectivity index (χ2v) is 15.4. The molecule has 0 bridgehead atoms. The van der Waals surface area contributed by atoms with Crippen LogP contribution in [0.3, 0.4) is 0 Å². The van der Waals surface area contributed by atoms with Crippen LogP contribution in [0.2, 0.25) is 21.6 Å². The third kappa shape index (κ3) is 4.61. The maximum atomic E-state index is 11.5. The lowest BCUT2D eigenvalue weighted by atomic mass is 10.0. The van der Waals surface area contributed by atoms with E-state index in [9.17, 15) is 4.79 Å². The summed E-state index contributed by atoms with van der Waals surface area (Å²) < 4.78 is 7.22. The number of carbonyl (C=O) groups is 1. The average molecular weight is 437 g/mol. The highest BCUT2D eigenvalue weighted by Crippen LogP contribution is 2.47. The number of rotatable bonds is 9. The normalized spacial score (nSPS) is 13.5. The van der Waals surface area contributed by atoms with Crippen molar-refractivity contribution >= 4 is 37.5 Å². The van der Waals surface area contributed by atoms with Crippen LogP contribution in [0.25, 0.3) is 0 Å². The van der Waals surface area contributed by atoms with Crippen molar-refractivity contribution in [3.05, 3.63) is 56.2 Å². The number of benzene rings is 1. The number of halogens is 1. The van der Waals surface area contributed by atoms with Crippen molar-refractivity contribution in [3.8, 4) is 0 Å². The van der Waals surface area contributed by atoms with Crippen LogP contribution >= 0.6 is 22.9 Å². The molecule has 154 valence electrons. The summed E-state index contributed by atoms with van der Waals surface area (Å²) in [6.07, 6.45) is 1.63. The van der Waals surface area contributed by atoms with Crippen LogP contribution in [0.15, 0.2) is 30.3 Å². The Morgan fingerprint density at radius 3 is 2.14 bits per heavy atom. The molecule has 1 aromatic heterocycles. The maximum Gasteiger partial charge on any atom is 0.201 e. The van der Waals surface area contributed by atoms with E-state index < -0.39 is 8.32 Å². The number of aryl methyl sites for hydroxylation is 1. The van der Waals surface area contributed by atoms with Crippen molar-refractivity contribution in [3.63, 3.8) is 0 Å². The first kappa shape index (κ1) is 23.3. The van der Waals surface area contributed by atoms with Gasteiger partial charge in [-0.25, -0.2) is 0 Å². The number of thiophene rings is 1. The molecule has 0 saturated heterocycles. The summed E-state index contributed by atoms with van der Waals surface area (Å²) in [6, 6.07) is 9.99. The molecule has 0 saturated carbocycles. The van der Waals surface area contributed by atoms with E-state index >= 15 is 0 Å². The topological polar surface area (TPSA) is 26.3 Å². The van der Waals surface area contributed by atoms with Crippen LogP contribution in [-0.4, -0.2) is 14.6 Å². The number of carbonyl (C=O) groups excluding carboxylic acids is 1. The third-order valence-electron chi connectivity index (χ3n) is 5.76. The summed E-state index contributed by atoms with van der Waals surface area (Å²) in [5, 5.41) is 0.709. The Hall–Kier alpha value is -0.943. The molecule has 0 aliphatic carbocycles. The maximum absolute atomic E-state index is 11.5. The summed E-state index contributed by atoms with van der Waals surface area (Å²) in [5.74, 6) is 0. The molecule has 0 amide bonds. The van der Waals surface area contributed by atoms with E-state index in [-0.39, 0.29) is 6.10 Å². The van der Waals surface area contributed by atoms with E-state index in [2.05, 4.69) is 54.5 Å². The molecule has 0 radical (unpaired) electrons. The highest BCUT2D eigenvalue weighted by molar-refractivity contribution is 7.13. The zero-order valence-electron chi connectivity index (χ0n) is 18.1. The van der Waals surface area contributed by atoms with Crippen molar-refractivity contribution in [2.45, 2.75) is 77.6 Å². The van der Waals surface area contributed by atoms with E-state index in [0.29, 0.717) is 21.6 Å². The standard InChI is InChI=1S/C23H33ClO2SSi/c1-8-22-21(13-20(14-25)27-22)23(18-10-9-11-19(24)12-18)26-28(15(2)3,16(4)5)17(6)7/h9-17,23H,8H2,1-7H3. The minimum atomic E-state index is -2.14. The van der Waals surface area contributed by atoms with Gasteiger partial charge in [-0.3, -0.25) is 4.79 Å². The van der Waals surface area contributed by atoms with Gasteiger partial charge in [0.15, 0.2) is 6.29 Å². The number of hydrogen-bond acceptors (Lipinski definition) is 3. The van der Waals surface area contributed by atoms with Crippen LogP contribution in [0.1, 0.15) is 80.2 Å². The molecular formula is C23H33ClO2SSi. The van der Waals surface area contributed by atoms with E-state index in [1.165, 1.54) is 4.88 Å². The number of aldehydes is 1. The van der Waals surface area contributed by atoms with Gasteiger partial charge >= 0.3 is 0 Å². The highest BCUT2D eigenvalue weighted by Gasteiger charge is 2.47. The van der Waals surface area contributed by atoms with Crippen LogP contribution in [-0.2, 0) is 10.8 Å². The Morgan fingerprint density at radius 1 is 1.07 bits per heavy atom. The molecule has 5 heteroatoms. The van der Waals surface area contributed by atoms with Gasteiger partial charge in [0.1, 0.15) is 0 Å².